The van der Waals surface area contributed by atoms with Crippen LogP contribution in [0.25, 0.3) is 5.57 Å². The van der Waals surface area contributed by atoms with Gasteiger partial charge in [0.1, 0.15) is 5.60 Å². The molecule has 0 atom stereocenters. The third-order valence-electron chi connectivity index (χ3n) is 2.67. The lowest BCUT2D eigenvalue weighted by molar-refractivity contribution is -0.385. The Morgan fingerprint density at radius 1 is 1.35 bits per heavy atom. The number of nitro groups is 1. The normalized spacial score (nSPS) is 12.2. The minimum absolute atomic E-state index is 0.0411. The van der Waals surface area contributed by atoms with Crippen LogP contribution in [0.3, 0.4) is 0 Å². The van der Waals surface area contributed by atoms with Gasteiger partial charge in [0.05, 0.1) is 4.92 Å². The lowest BCUT2D eigenvalue weighted by Crippen LogP contribution is -2.22. The summed E-state index contributed by atoms with van der Waals surface area (Å²) in [4.78, 5) is 22.2. The van der Waals surface area contributed by atoms with E-state index in [1.165, 1.54) is 12.1 Å². The number of carbonyl (C=O) groups excluding carboxylic acids is 1. The number of hydrogen-bond acceptors (Lipinski definition) is 4. The average Bonchev–Trinajstić information content (AvgIpc) is 2.25. The molecule has 0 aliphatic carbocycles. The van der Waals surface area contributed by atoms with Crippen LogP contribution in [-0.2, 0) is 9.53 Å². The second-order valence-electron chi connectivity index (χ2n) is 5.57. The maximum absolute atomic E-state index is 11.7. The van der Waals surface area contributed by atoms with E-state index in [4.69, 9.17) is 4.74 Å². The zero-order chi connectivity index (χ0) is 15.5. The van der Waals surface area contributed by atoms with Crippen molar-refractivity contribution < 1.29 is 14.5 Å². The molecule has 108 valence electrons. The first-order chi connectivity index (χ1) is 9.11. The molecule has 5 nitrogen and oxygen atoms in total. The second-order valence-corrected chi connectivity index (χ2v) is 5.57. The van der Waals surface area contributed by atoms with Crippen molar-refractivity contribution in [2.24, 2.45) is 0 Å². The first-order valence-corrected chi connectivity index (χ1v) is 6.27. The first-order valence-electron chi connectivity index (χ1n) is 6.27. The van der Waals surface area contributed by atoms with E-state index >= 15 is 0 Å². The van der Waals surface area contributed by atoms with Crippen molar-refractivity contribution in [3.8, 4) is 0 Å². The molecule has 20 heavy (non-hydrogen) atoms. The van der Waals surface area contributed by atoms with Crippen LogP contribution in [0.5, 0.6) is 0 Å². The Labute approximate surface area is 118 Å². The maximum Gasteiger partial charge on any atom is 0.331 e. The molecule has 0 aliphatic rings. The summed E-state index contributed by atoms with van der Waals surface area (Å²) >= 11 is 0. The van der Waals surface area contributed by atoms with E-state index in [9.17, 15) is 14.9 Å². The predicted octanol–water partition coefficient (Wildman–Crippen LogP) is 3.65. The molecule has 1 rings (SSSR count). The van der Waals surface area contributed by atoms with Gasteiger partial charge in [0.2, 0.25) is 0 Å². The molecule has 0 aromatic heterocycles. The fourth-order valence-corrected chi connectivity index (χ4v) is 1.83. The van der Waals surface area contributed by atoms with E-state index in [-0.39, 0.29) is 5.69 Å². The number of rotatable bonds is 3. The standard InChI is InChI=1S/C15H19NO4/c1-10(9-14(17)20-15(3,4)5)12-7-6-8-13(11(12)2)16(18)19/h6-9H,1-5H3/b10-9+. The Kier molecular flexibility index (Phi) is 4.65. The second kappa shape index (κ2) is 5.86. The molecule has 5 heteroatoms. The van der Waals surface area contributed by atoms with Crippen LogP contribution in [0, 0.1) is 17.0 Å². The van der Waals surface area contributed by atoms with Crippen LogP contribution in [-0.4, -0.2) is 16.5 Å². The highest BCUT2D eigenvalue weighted by Crippen LogP contribution is 2.26. The molecule has 0 radical (unpaired) electrons. The topological polar surface area (TPSA) is 69.4 Å². The fourth-order valence-electron chi connectivity index (χ4n) is 1.83. The predicted molar refractivity (Wildman–Crippen MR) is 77.3 cm³/mol. The van der Waals surface area contributed by atoms with Gasteiger partial charge in [-0.05, 0) is 45.8 Å². The van der Waals surface area contributed by atoms with Crippen LogP contribution < -0.4 is 0 Å². The molecular weight excluding hydrogens is 258 g/mol. The smallest absolute Gasteiger partial charge is 0.331 e. The highest BCUT2D eigenvalue weighted by atomic mass is 16.6. The zero-order valence-electron chi connectivity index (χ0n) is 12.4. The summed E-state index contributed by atoms with van der Waals surface area (Å²) in [6.45, 7) is 8.75. The number of esters is 1. The van der Waals surface area contributed by atoms with Crippen LogP contribution in [0.1, 0.15) is 38.8 Å². The molecule has 0 N–H and O–H groups in total. The molecule has 0 bridgehead atoms. The largest absolute Gasteiger partial charge is 0.457 e. The molecule has 0 spiro atoms. The van der Waals surface area contributed by atoms with E-state index in [2.05, 4.69) is 0 Å². The molecule has 0 amide bonds. The summed E-state index contributed by atoms with van der Waals surface area (Å²) in [5.74, 6) is -0.457. The average molecular weight is 277 g/mol. The summed E-state index contributed by atoms with van der Waals surface area (Å²) in [6.07, 6.45) is 1.36. The Hall–Kier alpha value is -2.17. The number of benzene rings is 1. The number of nitrogens with zero attached hydrogens (tertiary/aromatic N) is 1. The van der Waals surface area contributed by atoms with Gasteiger partial charge in [0, 0.05) is 17.7 Å². The Morgan fingerprint density at radius 2 is 1.95 bits per heavy atom. The van der Waals surface area contributed by atoms with Gasteiger partial charge in [-0.15, -0.1) is 0 Å². The van der Waals surface area contributed by atoms with E-state index in [1.807, 2.05) is 0 Å². The van der Waals surface area contributed by atoms with Gasteiger partial charge in [-0.2, -0.15) is 0 Å². The van der Waals surface area contributed by atoms with E-state index < -0.39 is 16.5 Å². The van der Waals surface area contributed by atoms with Gasteiger partial charge >= 0.3 is 5.97 Å². The molecule has 1 aromatic carbocycles. The molecule has 0 heterocycles. The van der Waals surface area contributed by atoms with Crippen LogP contribution in [0.2, 0.25) is 0 Å². The summed E-state index contributed by atoms with van der Waals surface area (Å²) in [5.41, 5.74) is 1.32. The molecule has 0 saturated heterocycles. The van der Waals surface area contributed by atoms with Gasteiger partial charge in [0.25, 0.3) is 5.69 Å². The first kappa shape index (κ1) is 15.9. The summed E-state index contributed by atoms with van der Waals surface area (Å²) in [5, 5.41) is 10.9. The van der Waals surface area contributed by atoms with Crippen molar-refractivity contribution >= 4 is 17.2 Å². The van der Waals surface area contributed by atoms with Crippen molar-refractivity contribution in [1.29, 1.82) is 0 Å². The number of ether oxygens (including phenoxy) is 1. The van der Waals surface area contributed by atoms with Crippen LogP contribution in [0.15, 0.2) is 24.3 Å². The third kappa shape index (κ3) is 4.19. The Balaban J connectivity index is 3.09. The van der Waals surface area contributed by atoms with Gasteiger partial charge in [-0.1, -0.05) is 12.1 Å². The molecular formula is C15H19NO4. The fraction of sp³-hybridized carbons (Fsp3) is 0.400. The van der Waals surface area contributed by atoms with Crippen molar-refractivity contribution in [1.82, 2.24) is 0 Å². The van der Waals surface area contributed by atoms with Gasteiger partial charge in [0.15, 0.2) is 0 Å². The number of hydrogen-bond donors (Lipinski definition) is 0. The molecule has 0 aliphatic heterocycles. The lowest BCUT2D eigenvalue weighted by atomic mass is 10.00. The maximum atomic E-state index is 11.7. The van der Waals surface area contributed by atoms with Crippen molar-refractivity contribution in [2.75, 3.05) is 0 Å². The van der Waals surface area contributed by atoms with Crippen LogP contribution >= 0.6 is 0 Å². The number of allylic oxidation sites excluding steroid dienone is 1. The SMILES string of the molecule is C/C(=C\C(=O)OC(C)(C)C)c1cccc([N+](=O)[O-])c1C. The van der Waals surface area contributed by atoms with E-state index in [0.717, 1.165) is 0 Å². The van der Waals surface area contributed by atoms with Gasteiger partial charge < -0.3 is 4.74 Å². The molecule has 1 aromatic rings. The number of nitro benzene ring substituents is 1. The Bertz CT molecular complexity index is 568. The Morgan fingerprint density at radius 3 is 2.45 bits per heavy atom. The molecule has 0 fully saturated rings. The summed E-state index contributed by atoms with van der Waals surface area (Å²) < 4.78 is 5.20. The molecule has 0 saturated carbocycles. The van der Waals surface area contributed by atoms with Crippen molar-refractivity contribution in [3.05, 3.63) is 45.5 Å². The zero-order valence-corrected chi connectivity index (χ0v) is 12.4. The summed E-state index contributed by atoms with van der Waals surface area (Å²) in [7, 11) is 0. The molecule has 0 unspecified atom stereocenters. The lowest BCUT2D eigenvalue weighted by Gasteiger charge is -2.18. The van der Waals surface area contributed by atoms with Gasteiger partial charge in [-0.3, -0.25) is 10.1 Å². The minimum atomic E-state index is -0.564. The van der Waals surface area contributed by atoms with Crippen molar-refractivity contribution in [3.63, 3.8) is 0 Å². The van der Waals surface area contributed by atoms with Crippen LogP contribution in [0.4, 0.5) is 5.69 Å². The highest BCUT2D eigenvalue weighted by molar-refractivity contribution is 5.91. The number of carbonyl (C=O) groups is 1. The highest BCUT2D eigenvalue weighted by Gasteiger charge is 2.17. The monoisotopic (exact) mass is 277 g/mol. The quantitative estimate of drug-likeness (QED) is 0.366. The van der Waals surface area contributed by atoms with Gasteiger partial charge in [-0.25, -0.2) is 4.79 Å². The summed E-state index contributed by atoms with van der Waals surface area (Å²) in [6, 6.07) is 4.80. The third-order valence-corrected chi connectivity index (χ3v) is 2.67. The van der Waals surface area contributed by atoms with E-state index in [1.54, 1.807) is 46.8 Å². The van der Waals surface area contributed by atoms with E-state index in [0.29, 0.717) is 16.7 Å². The minimum Gasteiger partial charge on any atom is -0.457 e. The van der Waals surface area contributed by atoms with Crippen molar-refractivity contribution in [2.45, 2.75) is 40.2 Å².